The first-order valence-electron chi connectivity index (χ1n) is 8.89. The van der Waals surface area contributed by atoms with Gasteiger partial charge in [-0.3, -0.25) is 14.4 Å². The van der Waals surface area contributed by atoms with Crippen molar-refractivity contribution in [3.63, 3.8) is 0 Å². The Morgan fingerprint density at radius 2 is 1.96 bits per heavy atom. The quantitative estimate of drug-likeness (QED) is 0.804. The number of carbonyl (C=O) groups is 2. The van der Waals surface area contributed by atoms with Gasteiger partial charge in [0.1, 0.15) is 11.6 Å². The molecule has 2 heterocycles. The number of pyridine rings is 1. The molecule has 1 aliphatic rings. The third kappa shape index (κ3) is 4.72. The van der Waals surface area contributed by atoms with E-state index in [1.165, 1.54) is 0 Å². The minimum absolute atomic E-state index is 0.0634. The fourth-order valence-corrected chi connectivity index (χ4v) is 3.21. The lowest BCUT2D eigenvalue weighted by atomic mass is 9.99. The van der Waals surface area contributed by atoms with E-state index in [9.17, 15) is 14.4 Å². The maximum Gasteiger partial charge on any atom is 0.306 e. The van der Waals surface area contributed by atoms with Gasteiger partial charge in [-0.1, -0.05) is 6.92 Å². The maximum atomic E-state index is 12.1. The van der Waals surface area contributed by atoms with Crippen LogP contribution < -0.4 is 5.56 Å². The van der Waals surface area contributed by atoms with Crippen molar-refractivity contribution < 1.29 is 14.3 Å². The standard InChI is InChI=1S/C19H25N3O4/c1-12-6-8-22(9-7-12)17(23)11-26-18(24)5-4-15-13(2)16(10-20)19(25)21-14(15)3/h12H,4-9,11H2,1-3H3,(H,21,25). The Hall–Kier alpha value is -2.62. The van der Waals surface area contributed by atoms with E-state index in [4.69, 9.17) is 10.00 Å². The molecule has 7 nitrogen and oxygen atoms in total. The maximum absolute atomic E-state index is 12.1. The number of nitrogens with one attached hydrogen (secondary N) is 1. The summed E-state index contributed by atoms with van der Waals surface area (Å²) in [6, 6.07) is 1.89. The van der Waals surface area contributed by atoms with Crippen molar-refractivity contribution in [2.75, 3.05) is 19.7 Å². The number of H-pyrrole nitrogens is 1. The van der Waals surface area contributed by atoms with E-state index in [0.29, 0.717) is 36.7 Å². The van der Waals surface area contributed by atoms with Gasteiger partial charge in [-0.15, -0.1) is 0 Å². The molecule has 7 heteroatoms. The van der Waals surface area contributed by atoms with E-state index in [2.05, 4.69) is 11.9 Å². The monoisotopic (exact) mass is 359 g/mol. The second-order valence-corrected chi connectivity index (χ2v) is 6.89. The number of hydrogen-bond donors (Lipinski definition) is 1. The van der Waals surface area contributed by atoms with E-state index in [-0.39, 0.29) is 24.5 Å². The molecule has 0 atom stereocenters. The number of rotatable bonds is 5. The normalized spacial score (nSPS) is 14.8. The molecule has 1 fully saturated rings. The number of ether oxygens (including phenoxy) is 1. The highest BCUT2D eigenvalue weighted by molar-refractivity contribution is 5.80. The first-order chi connectivity index (χ1) is 12.3. The zero-order valence-electron chi connectivity index (χ0n) is 15.6. The SMILES string of the molecule is Cc1[nH]c(=O)c(C#N)c(C)c1CCC(=O)OCC(=O)N1CCC(C)CC1. The summed E-state index contributed by atoms with van der Waals surface area (Å²) in [6.45, 7) is 6.79. The molecule has 0 bridgehead atoms. The molecule has 1 aromatic heterocycles. The Morgan fingerprint density at radius 1 is 1.31 bits per heavy atom. The fraction of sp³-hybridized carbons (Fsp3) is 0.579. The van der Waals surface area contributed by atoms with E-state index < -0.39 is 11.5 Å². The van der Waals surface area contributed by atoms with Crippen molar-refractivity contribution in [2.24, 2.45) is 5.92 Å². The zero-order valence-corrected chi connectivity index (χ0v) is 15.6. The van der Waals surface area contributed by atoms with Gasteiger partial charge in [0.15, 0.2) is 6.61 Å². The largest absolute Gasteiger partial charge is 0.456 e. The molecular formula is C19H25N3O4. The average Bonchev–Trinajstić information content (AvgIpc) is 2.60. The molecule has 0 aliphatic carbocycles. The second-order valence-electron chi connectivity index (χ2n) is 6.89. The van der Waals surface area contributed by atoms with Crippen LogP contribution in [0.5, 0.6) is 0 Å². The van der Waals surface area contributed by atoms with Gasteiger partial charge in [0.2, 0.25) is 0 Å². The predicted octanol–water partition coefficient (Wildman–Crippen LogP) is 1.60. The summed E-state index contributed by atoms with van der Waals surface area (Å²) in [6.07, 6.45) is 2.39. The van der Waals surface area contributed by atoms with E-state index in [1.807, 2.05) is 6.07 Å². The number of likely N-dealkylation sites (tertiary alicyclic amines) is 1. The molecule has 0 radical (unpaired) electrons. The lowest BCUT2D eigenvalue weighted by Crippen LogP contribution is -2.40. The van der Waals surface area contributed by atoms with Crippen LogP contribution in [0.1, 0.15) is 48.6 Å². The van der Waals surface area contributed by atoms with Crippen molar-refractivity contribution in [3.05, 3.63) is 32.7 Å². The smallest absolute Gasteiger partial charge is 0.306 e. The Labute approximate surface area is 153 Å². The van der Waals surface area contributed by atoms with Crippen molar-refractivity contribution in [3.8, 4) is 6.07 Å². The van der Waals surface area contributed by atoms with Crippen LogP contribution in [0, 0.1) is 31.1 Å². The van der Waals surface area contributed by atoms with Crippen LogP contribution in [-0.4, -0.2) is 41.5 Å². The van der Waals surface area contributed by atoms with Crippen LogP contribution in [0.3, 0.4) is 0 Å². The summed E-state index contributed by atoms with van der Waals surface area (Å²) in [4.78, 5) is 40.1. The number of aryl methyl sites for hydroxylation is 1. The number of amides is 1. The number of piperidine rings is 1. The molecule has 0 aromatic carbocycles. The highest BCUT2D eigenvalue weighted by Crippen LogP contribution is 2.17. The Kier molecular flexibility index (Phi) is 6.56. The molecule has 0 unspecified atom stereocenters. The molecule has 0 saturated carbocycles. The van der Waals surface area contributed by atoms with Crippen LogP contribution in [0.15, 0.2) is 4.79 Å². The number of carbonyl (C=O) groups excluding carboxylic acids is 2. The van der Waals surface area contributed by atoms with Gasteiger partial charge in [0.05, 0.1) is 0 Å². The highest BCUT2D eigenvalue weighted by Gasteiger charge is 2.21. The van der Waals surface area contributed by atoms with Crippen LogP contribution in [0.4, 0.5) is 0 Å². The fourth-order valence-electron chi connectivity index (χ4n) is 3.21. The van der Waals surface area contributed by atoms with E-state index >= 15 is 0 Å². The summed E-state index contributed by atoms with van der Waals surface area (Å²) in [5.41, 5.74) is 1.62. The topological polar surface area (TPSA) is 103 Å². The summed E-state index contributed by atoms with van der Waals surface area (Å²) < 4.78 is 5.10. The number of nitrogens with zero attached hydrogens (tertiary/aromatic N) is 2. The number of esters is 1. The third-order valence-electron chi connectivity index (χ3n) is 4.99. The molecule has 140 valence electrons. The van der Waals surface area contributed by atoms with Gasteiger partial charge in [-0.2, -0.15) is 5.26 Å². The number of aromatic amines is 1. The molecule has 1 aromatic rings. The molecule has 1 amide bonds. The van der Waals surface area contributed by atoms with Crippen molar-refractivity contribution in [1.82, 2.24) is 9.88 Å². The van der Waals surface area contributed by atoms with Crippen LogP contribution >= 0.6 is 0 Å². The first kappa shape index (κ1) is 19.7. The summed E-state index contributed by atoms with van der Waals surface area (Å²) >= 11 is 0. The van der Waals surface area contributed by atoms with Gasteiger partial charge in [-0.05, 0) is 50.2 Å². The van der Waals surface area contributed by atoms with Crippen LogP contribution in [0.2, 0.25) is 0 Å². The minimum atomic E-state index is -0.466. The molecule has 26 heavy (non-hydrogen) atoms. The van der Waals surface area contributed by atoms with Crippen molar-refractivity contribution in [2.45, 2.75) is 46.5 Å². The number of aromatic nitrogens is 1. The molecule has 2 rings (SSSR count). The molecular weight excluding hydrogens is 334 g/mol. The molecule has 1 saturated heterocycles. The molecule has 0 spiro atoms. The molecule has 1 N–H and O–H groups in total. The number of hydrogen-bond acceptors (Lipinski definition) is 5. The Balaban J connectivity index is 1.87. The van der Waals surface area contributed by atoms with Crippen LogP contribution in [0.25, 0.3) is 0 Å². The summed E-state index contributed by atoms with van der Waals surface area (Å²) in [7, 11) is 0. The van der Waals surface area contributed by atoms with Gasteiger partial charge < -0.3 is 14.6 Å². The van der Waals surface area contributed by atoms with Gasteiger partial charge >= 0.3 is 5.97 Å². The first-order valence-corrected chi connectivity index (χ1v) is 8.89. The zero-order chi connectivity index (χ0) is 19.3. The molecule has 1 aliphatic heterocycles. The number of nitriles is 1. The third-order valence-corrected chi connectivity index (χ3v) is 4.99. The van der Waals surface area contributed by atoms with Gasteiger partial charge in [-0.25, -0.2) is 0 Å². The summed E-state index contributed by atoms with van der Waals surface area (Å²) in [5, 5.41) is 9.07. The Bertz CT molecular complexity index is 783. The van der Waals surface area contributed by atoms with Gasteiger partial charge in [0.25, 0.3) is 11.5 Å². The second kappa shape index (κ2) is 8.65. The van der Waals surface area contributed by atoms with E-state index in [0.717, 1.165) is 18.4 Å². The lowest BCUT2D eigenvalue weighted by molar-refractivity contribution is -0.152. The highest BCUT2D eigenvalue weighted by atomic mass is 16.5. The minimum Gasteiger partial charge on any atom is -0.456 e. The van der Waals surface area contributed by atoms with Gasteiger partial charge in [0, 0.05) is 25.2 Å². The van der Waals surface area contributed by atoms with Crippen LogP contribution in [-0.2, 0) is 20.7 Å². The van der Waals surface area contributed by atoms with Crippen molar-refractivity contribution >= 4 is 11.9 Å². The Morgan fingerprint density at radius 3 is 2.58 bits per heavy atom. The van der Waals surface area contributed by atoms with Crippen molar-refractivity contribution in [1.29, 1.82) is 5.26 Å². The average molecular weight is 359 g/mol. The lowest BCUT2D eigenvalue weighted by Gasteiger charge is -2.30. The van der Waals surface area contributed by atoms with E-state index in [1.54, 1.807) is 18.7 Å². The summed E-state index contributed by atoms with van der Waals surface area (Å²) in [5.74, 6) is 0.00403. The predicted molar refractivity (Wildman–Crippen MR) is 95.5 cm³/mol.